The van der Waals surface area contributed by atoms with Gasteiger partial charge in [0.15, 0.2) is 5.78 Å². The molecule has 0 saturated carbocycles. The van der Waals surface area contributed by atoms with Crippen molar-refractivity contribution in [2.24, 2.45) is 0 Å². The maximum atomic E-state index is 12.9. The number of fused-ring (bicyclic) bond motifs is 2. The van der Waals surface area contributed by atoms with Gasteiger partial charge >= 0.3 is 0 Å². The van der Waals surface area contributed by atoms with Gasteiger partial charge in [0, 0.05) is 17.7 Å². The number of allylic oxidation sites excluding steroid dienone is 2. The summed E-state index contributed by atoms with van der Waals surface area (Å²) in [4.78, 5) is 17.5. The minimum Gasteiger partial charge on any atom is -0.328 e. The van der Waals surface area contributed by atoms with Crippen LogP contribution >= 0.6 is 11.8 Å². The van der Waals surface area contributed by atoms with Gasteiger partial charge in [-0.2, -0.15) is 4.98 Å². The van der Waals surface area contributed by atoms with E-state index in [9.17, 15) is 4.79 Å². The minimum absolute atomic E-state index is 0.212. The van der Waals surface area contributed by atoms with Gasteiger partial charge in [-0.25, -0.2) is 4.68 Å². The van der Waals surface area contributed by atoms with E-state index in [-0.39, 0.29) is 11.8 Å². The van der Waals surface area contributed by atoms with E-state index >= 15 is 0 Å². The molecule has 0 amide bonds. The summed E-state index contributed by atoms with van der Waals surface area (Å²) in [6.45, 7) is 0. The predicted octanol–water partition coefficient (Wildman–Crippen LogP) is 4.18. The smallest absolute Gasteiger partial charge is 0.227 e. The van der Waals surface area contributed by atoms with Gasteiger partial charge < -0.3 is 5.32 Å². The second-order valence-electron chi connectivity index (χ2n) is 6.63. The van der Waals surface area contributed by atoms with E-state index in [0.717, 1.165) is 41.0 Å². The summed E-state index contributed by atoms with van der Waals surface area (Å²) in [5, 5.41) is 11.1. The van der Waals surface area contributed by atoms with Crippen molar-refractivity contribution in [2.45, 2.75) is 30.5 Å². The maximum Gasteiger partial charge on any atom is 0.227 e. The Hall–Kier alpha value is -2.60. The molecule has 0 bridgehead atoms. The van der Waals surface area contributed by atoms with Gasteiger partial charge in [0.2, 0.25) is 11.1 Å². The Bertz CT molecular complexity index is 1060. The molecule has 1 N–H and O–H groups in total. The fourth-order valence-corrected chi connectivity index (χ4v) is 4.35. The van der Waals surface area contributed by atoms with Crippen LogP contribution in [0.1, 0.15) is 30.9 Å². The van der Waals surface area contributed by atoms with E-state index in [1.165, 1.54) is 17.1 Å². The largest absolute Gasteiger partial charge is 0.328 e. The first-order valence-corrected chi connectivity index (χ1v) is 10.00. The molecule has 2 aromatic carbocycles. The molecule has 5 nitrogen and oxygen atoms in total. The molecule has 1 aromatic heterocycles. The van der Waals surface area contributed by atoms with Crippen LogP contribution in [0.4, 0.5) is 5.95 Å². The number of hydrogen-bond donors (Lipinski definition) is 1. The molecular weight excluding hydrogens is 344 g/mol. The summed E-state index contributed by atoms with van der Waals surface area (Å²) in [5.74, 6) is 0.935. The van der Waals surface area contributed by atoms with Crippen LogP contribution in [0.2, 0.25) is 0 Å². The van der Waals surface area contributed by atoms with E-state index in [1.807, 2.05) is 23.1 Å². The lowest BCUT2D eigenvalue weighted by molar-refractivity contribution is -0.116. The molecule has 0 unspecified atom stereocenters. The Morgan fingerprint density at radius 1 is 1.15 bits per heavy atom. The normalized spacial score (nSPS) is 19.3. The number of anilines is 1. The van der Waals surface area contributed by atoms with Crippen molar-refractivity contribution in [3.8, 4) is 0 Å². The highest BCUT2D eigenvalue weighted by atomic mass is 32.2. The molecule has 130 valence electrons. The number of Topliss-reactive ketones (excluding diaryl/α,β-unsaturated/α-hetero) is 1. The van der Waals surface area contributed by atoms with Crippen LogP contribution in [0, 0.1) is 0 Å². The van der Waals surface area contributed by atoms with Crippen molar-refractivity contribution in [3.05, 3.63) is 59.3 Å². The Labute approximate surface area is 155 Å². The summed E-state index contributed by atoms with van der Waals surface area (Å²) in [5.41, 5.74) is 2.95. The first-order valence-electron chi connectivity index (χ1n) is 8.77. The third-order valence-corrected chi connectivity index (χ3v) is 5.69. The van der Waals surface area contributed by atoms with E-state index in [0.29, 0.717) is 11.6 Å². The highest BCUT2D eigenvalue weighted by molar-refractivity contribution is 7.98. The molecule has 26 heavy (non-hydrogen) atoms. The highest BCUT2D eigenvalue weighted by Gasteiger charge is 2.37. The van der Waals surface area contributed by atoms with Crippen molar-refractivity contribution in [2.75, 3.05) is 11.6 Å². The lowest BCUT2D eigenvalue weighted by Gasteiger charge is -2.32. The molecular formula is C20H18N4OS. The van der Waals surface area contributed by atoms with Crippen LogP contribution < -0.4 is 5.32 Å². The van der Waals surface area contributed by atoms with Crippen molar-refractivity contribution >= 4 is 34.3 Å². The van der Waals surface area contributed by atoms with Crippen LogP contribution in [0.3, 0.4) is 0 Å². The highest BCUT2D eigenvalue weighted by Crippen LogP contribution is 2.42. The summed E-state index contributed by atoms with van der Waals surface area (Å²) in [7, 11) is 0. The number of aromatic nitrogens is 3. The first kappa shape index (κ1) is 15.6. The number of nitrogens with zero attached hydrogens (tertiary/aromatic N) is 3. The number of ketones is 1. The zero-order valence-electron chi connectivity index (χ0n) is 14.4. The Morgan fingerprint density at radius 3 is 2.88 bits per heavy atom. The minimum atomic E-state index is -0.228. The topological polar surface area (TPSA) is 59.8 Å². The number of carbonyl (C=O) groups excluding carboxylic acids is 1. The average molecular weight is 362 g/mol. The third kappa shape index (κ3) is 2.29. The Morgan fingerprint density at radius 2 is 2.00 bits per heavy atom. The number of thioether (sulfide) groups is 1. The lowest BCUT2D eigenvalue weighted by Crippen LogP contribution is -2.31. The SMILES string of the molecule is CSc1nc2n(n1)[C@H](c1cccc3ccccc13)C1=C(CCCC1=O)N2. The molecule has 0 radical (unpaired) electrons. The van der Waals surface area contributed by atoms with Crippen LogP contribution in [0.15, 0.2) is 58.9 Å². The molecule has 1 aliphatic heterocycles. The molecule has 5 rings (SSSR count). The van der Waals surface area contributed by atoms with E-state index < -0.39 is 0 Å². The van der Waals surface area contributed by atoms with E-state index in [4.69, 9.17) is 0 Å². The van der Waals surface area contributed by atoms with Crippen LogP contribution in [0.5, 0.6) is 0 Å². The molecule has 3 aromatic rings. The summed E-state index contributed by atoms with van der Waals surface area (Å²) in [6.07, 6.45) is 4.33. The molecule has 2 aliphatic rings. The summed E-state index contributed by atoms with van der Waals surface area (Å²) < 4.78 is 1.88. The Balaban J connectivity index is 1.80. The number of carbonyl (C=O) groups is 1. The van der Waals surface area contributed by atoms with Crippen LogP contribution in [-0.2, 0) is 4.79 Å². The number of hydrogen-bond acceptors (Lipinski definition) is 5. The van der Waals surface area contributed by atoms with Gasteiger partial charge in [-0.15, -0.1) is 5.10 Å². The molecule has 0 saturated heterocycles. The molecule has 1 aliphatic carbocycles. The van der Waals surface area contributed by atoms with E-state index in [2.05, 4.69) is 45.7 Å². The van der Waals surface area contributed by atoms with Crippen LogP contribution in [-0.4, -0.2) is 26.8 Å². The van der Waals surface area contributed by atoms with Gasteiger partial charge in [-0.3, -0.25) is 4.79 Å². The predicted molar refractivity (Wildman–Crippen MR) is 103 cm³/mol. The van der Waals surface area contributed by atoms with Crippen LogP contribution in [0.25, 0.3) is 10.8 Å². The fraction of sp³-hybridized carbons (Fsp3) is 0.250. The molecule has 0 spiro atoms. The number of benzene rings is 2. The van der Waals surface area contributed by atoms with Crippen molar-refractivity contribution < 1.29 is 4.79 Å². The summed E-state index contributed by atoms with van der Waals surface area (Å²) >= 11 is 1.51. The second-order valence-corrected chi connectivity index (χ2v) is 7.40. The van der Waals surface area contributed by atoms with Crippen molar-refractivity contribution in [1.29, 1.82) is 0 Å². The van der Waals surface area contributed by atoms with Crippen molar-refractivity contribution in [1.82, 2.24) is 14.8 Å². The molecule has 1 atom stereocenters. The van der Waals surface area contributed by atoms with Crippen molar-refractivity contribution in [3.63, 3.8) is 0 Å². The van der Waals surface area contributed by atoms with Gasteiger partial charge in [-0.05, 0) is 35.4 Å². The second kappa shape index (κ2) is 5.99. The van der Waals surface area contributed by atoms with E-state index in [1.54, 1.807) is 0 Å². The van der Waals surface area contributed by atoms with Gasteiger partial charge in [0.25, 0.3) is 0 Å². The average Bonchev–Trinajstić information content (AvgIpc) is 3.09. The molecule has 2 heterocycles. The quantitative estimate of drug-likeness (QED) is 0.693. The summed E-state index contributed by atoms with van der Waals surface area (Å²) in [6, 6.07) is 14.3. The first-order chi connectivity index (χ1) is 12.8. The third-order valence-electron chi connectivity index (χ3n) is 5.15. The zero-order chi connectivity index (χ0) is 17.7. The molecule has 0 fully saturated rings. The van der Waals surface area contributed by atoms with Gasteiger partial charge in [0.1, 0.15) is 6.04 Å². The Kier molecular flexibility index (Phi) is 3.60. The lowest BCUT2D eigenvalue weighted by atomic mass is 9.84. The molecule has 6 heteroatoms. The van der Waals surface area contributed by atoms with Gasteiger partial charge in [-0.1, -0.05) is 54.2 Å². The van der Waals surface area contributed by atoms with Gasteiger partial charge in [0.05, 0.1) is 0 Å². The fourth-order valence-electron chi connectivity index (χ4n) is 4.00. The number of rotatable bonds is 2. The maximum absolute atomic E-state index is 12.9. The number of nitrogens with one attached hydrogen (secondary N) is 1. The monoisotopic (exact) mass is 362 g/mol. The standard InChI is InChI=1S/C20H18N4OS/c1-26-20-22-19-21-15-10-5-11-16(25)17(15)18(24(19)23-20)14-9-4-7-12-6-2-3-8-13(12)14/h2-4,6-9,18H,5,10-11H2,1H3,(H,21,22,23)/t18-/m1/s1. The zero-order valence-corrected chi connectivity index (χ0v) is 15.2.